The van der Waals surface area contributed by atoms with Crippen LogP contribution in [0.5, 0.6) is 11.5 Å². The van der Waals surface area contributed by atoms with Crippen molar-refractivity contribution in [3.63, 3.8) is 0 Å². The predicted molar refractivity (Wildman–Crippen MR) is 62.8 cm³/mol. The standard InChI is InChI=1S/C11H15BrO3/c1-7-8(4-5-13)11(15-3)10(14-2)6-9(7)12/h6,13H,4-5H2,1-3H3. The van der Waals surface area contributed by atoms with E-state index in [9.17, 15) is 0 Å². The number of ether oxygens (including phenoxy) is 2. The summed E-state index contributed by atoms with van der Waals surface area (Å²) in [5, 5.41) is 9.01. The van der Waals surface area contributed by atoms with Crippen molar-refractivity contribution in [2.45, 2.75) is 13.3 Å². The van der Waals surface area contributed by atoms with Gasteiger partial charge in [-0.05, 0) is 25.0 Å². The van der Waals surface area contributed by atoms with Crippen molar-refractivity contribution < 1.29 is 14.6 Å². The molecule has 0 bridgehead atoms. The van der Waals surface area contributed by atoms with Crippen molar-refractivity contribution in [1.82, 2.24) is 0 Å². The van der Waals surface area contributed by atoms with Crippen molar-refractivity contribution in [1.29, 1.82) is 0 Å². The van der Waals surface area contributed by atoms with Crippen molar-refractivity contribution in [2.24, 2.45) is 0 Å². The molecule has 0 atom stereocenters. The van der Waals surface area contributed by atoms with Gasteiger partial charge in [0, 0.05) is 16.6 Å². The zero-order valence-corrected chi connectivity index (χ0v) is 10.7. The first-order valence-corrected chi connectivity index (χ1v) is 5.45. The highest BCUT2D eigenvalue weighted by Gasteiger charge is 2.15. The fourth-order valence-electron chi connectivity index (χ4n) is 1.54. The highest BCUT2D eigenvalue weighted by molar-refractivity contribution is 9.10. The largest absolute Gasteiger partial charge is 0.493 e. The highest BCUT2D eigenvalue weighted by Crippen LogP contribution is 2.37. The van der Waals surface area contributed by atoms with Gasteiger partial charge in [0.1, 0.15) is 0 Å². The molecular weight excluding hydrogens is 260 g/mol. The first kappa shape index (κ1) is 12.3. The zero-order valence-electron chi connectivity index (χ0n) is 9.13. The summed E-state index contributed by atoms with van der Waals surface area (Å²) in [5.74, 6) is 1.38. The molecule has 1 aromatic rings. The Bertz CT molecular complexity index is 350. The van der Waals surface area contributed by atoms with Crippen molar-refractivity contribution in [3.8, 4) is 11.5 Å². The van der Waals surface area contributed by atoms with Crippen LogP contribution in [0.15, 0.2) is 10.5 Å². The van der Waals surface area contributed by atoms with Crippen LogP contribution >= 0.6 is 15.9 Å². The molecule has 3 nitrogen and oxygen atoms in total. The Labute approximate surface area is 98.1 Å². The van der Waals surface area contributed by atoms with E-state index in [1.54, 1.807) is 14.2 Å². The van der Waals surface area contributed by atoms with Crippen LogP contribution in [-0.2, 0) is 6.42 Å². The van der Waals surface area contributed by atoms with Crippen LogP contribution in [0.2, 0.25) is 0 Å². The number of aliphatic hydroxyl groups is 1. The van der Waals surface area contributed by atoms with Crippen LogP contribution < -0.4 is 9.47 Å². The second kappa shape index (κ2) is 5.37. The molecule has 0 aliphatic rings. The van der Waals surface area contributed by atoms with Gasteiger partial charge >= 0.3 is 0 Å². The summed E-state index contributed by atoms with van der Waals surface area (Å²) in [7, 11) is 3.20. The van der Waals surface area contributed by atoms with E-state index in [2.05, 4.69) is 15.9 Å². The van der Waals surface area contributed by atoms with E-state index >= 15 is 0 Å². The molecule has 0 aliphatic heterocycles. The van der Waals surface area contributed by atoms with E-state index in [4.69, 9.17) is 14.6 Å². The Morgan fingerprint density at radius 1 is 1.33 bits per heavy atom. The maximum absolute atomic E-state index is 9.01. The molecule has 1 N–H and O–H groups in total. The Hall–Kier alpha value is -0.740. The Morgan fingerprint density at radius 2 is 2.00 bits per heavy atom. The molecule has 0 unspecified atom stereocenters. The molecule has 0 aromatic heterocycles. The summed E-state index contributed by atoms with van der Waals surface area (Å²) in [6.45, 7) is 2.08. The normalized spacial score (nSPS) is 10.2. The monoisotopic (exact) mass is 274 g/mol. The van der Waals surface area contributed by atoms with Gasteiger partial charge in [-0.2, -0.15) is 0 Å². The molecule has 1 rings (SSSR count). The number of aliphatic hydroxyl groups excluding tert-OH is 1. The fraction of sp³-hybridized carbons (Fsp3) is 0.455. The van der Waals surface area contributed by atoms with Crippen LogP contribution in [-0.4, -0.2) is 25.9 Å². The van der Waals surface area contributed by atoms with Gasteiger partial charge in [-0.1, -0.05) is 15.9 Å². The number of rotatable bonds is 4. The quantitative estimate of drug-likeness (QED) is 0.916. The third-order valence-corrected chi connectivity index (χ3v) is 3.18. The molecule has 84 valence electrons. The zero-order chi connectivity index (χ0) is 11.4. The molecule has 0 radical (unpaired) electrons. The van der Waals surface area contributed by atoms with E-state index in [1.165, 1.54) is 0 Å². The summed E-state index contributed by atoms with van der Waals surface area (Å²) in [4.78, 5) is 0. The third kappa shape index (κ3) is 2.44. The Morgan fingerprint density at radius 3 is 2.47 bits per heavy atom. The third-order valence-electron chi connectivity index (χ3n) is 2.35. The summed E-state index contributed by atoms with van der Waals surface area (Å²) in [6, 6.07) is 1.87. The van der Waals surface area contributed by atoms with Gasteiger partial charge in [0.25, 0.3) is 0 Å². The smallest absolute Gasteiger partial charge is 0.164 e. The molecule has 1 aromatic carbocycles. The van der Waals surface area contributed by atoms with Gasteiger partial charge < -0.3 is 14.6 Å². The number of hydrogen-bond donors (Lipinski definition) is 1. The Kier molecular flexibility index (Phi) is 4.42. The van der Waals surface area contributed by atoms with Gasteiger partial charge in [0.15, 0.2) is 11.5 Å². The van der Waals surface area contributed by atoms with Crippen LogP contribution in [0.1, 0.15) is 11.1 Å². The van der Waals surface area contributed by atoms with Gasteiger partial charge in [-0.3, -0.25) is 0 Å². The summed E-state index contributed by atoms with van der Waals surface area (Å²) < 4.78 is 11.5. The summed E-state index contributed by atoms with van der Waals surface area (Å²) in [6.07, 6.45) is 0.560. The average Bonchev–Trinajstić information content (AvgIpc) is 2.24. The number of benzene rings is 1. The maximum Gasteiger partial charge on any atom is 0.164 e. The van der Waals surface area contributed by atoms with Crippen LogP contribution in [0, 0.1) is 6.92 Å². The number of methoxy groups -OCH3 is 2. The summed E-state index contributed by atoms with van der Waals surface area (Å²) >= 11 is 3.45. The van der Waals surface area contributed by atoms with Crippen molar-refractivity contribution >= 4 is 15.9 Å². The van der Waals surface area contributed by atoms with Gasteiger partial charge in [-0.15, -0.1) is 0 Å². The molecule has 0 aliphatic carbocycles. The van der Waals surface area contributed by atoms with Gasteiger partial charge in [0.2, 0.25) is 0 Å². The molecule has 0 saturated carbocycles. The topological polar surface area (TPSA) is 38.7 Å². The Balaban J connectivity index is 3.35. The SMILES string of the molecule is COc1cc(Br)c(C)c(CCO)c1OC. The molecule has 4 heteroatoms. The van der Waals surface area contributed by atoms with Crippen LogP contribution in [0.4, 0.5) is 0 Å². The van der Waals surface area contributed by atoms with Crippen molar-refractivity contribution in [2.75, 3.05) is 20.8 Å². The second-order valence-electron chi connectivity index (χ2n) is 3.17. The minimum Gasteiger partial charge on any atom is -0.493 e. The first-order valence-electron chi connectivity index (χ1n) is 4.66. The van der Waals surface area contributed by atoms with E-state index in [1.807, 2.05) is 13.0 Å². The van der Waals surface area contributed by atoms with E-state index in [0.717, 1.165) is 15.6 Å². The van der Waals surface area contributed by atoms with Crippen LogP contribution in [0.3, 0.4) is 0 Å². The predicted octanol–water partition coefficient (Wildman–Crippen LogP) is 2.31. The van der Waals surface area contributed by atoms with E-state index < -0.39 is 0 Å². The molecule has 15 heavy (non-hydrogen) atoms. The number of halogens is 1. The average molecular weight is 275 g/mol. The van der Waals surface area contributed by atoms with Gasteiger partial charge in [-0.25, -0.2) is 0 Å². The lowest BCUT2D eigenvalue weighted by Crippen LogP contribution is -2.02. The maximum atomic E-state index is 9.01. The molecular formula is C11H15BrO3. The lowest BCUT2D eigenvalue weighted by Gasteiger charge is -2.16. The fourth-order valence-corrected chi connectivity index (χ4v) is 1.99. The minimum absolute atomic E-state index is 0.0941. The highest BCUT2D eigenvalue weighted by atomic mass is 79.9. The van der Waals surface area contributed by atoms with Crippen molar-refractivity contribution in [3.05, 3.63) is 21.7 Å². The minimum atomic E-state index is 0.0941. The van der Waals surface area contributed by atoms with E-state index in [0.29, 0.717) is 17.9 Å². The number of hydrogen-bond acceptors (Lipinski definition) is 3. The lowest BCUT2D eigenvalue weighted by molar-refractivity contribution is 0.294. The molecule has 0 amide bonds. The molecule has 0 saturated heterocycles. The lowest BCUT2D eigenvalue weighted by atomic mass is 10.0. The van der Waals surface area contributed by atoms with Crippen LogP contribution in [0.25, 0.3) is 0 Å². The molecule has 0 fully saturated rings. The van der Waals surface area contributed by atoms with Gasteiger partial charge in [0.05, 0.1) is 14.2 Å². The first-order chi connectivity index (χ1) is 7.15. The molecule has 0 heterocycles. The molecule has 0 spiro atoms. The second-order valence-corrected chi connectivity index (χ2v) is 4.03. The summed E-state index contributed by atoms with van der Waals surface area (Å²) in [5.41, 5.74) is 2.05. The van der Waals surface area contributed by atoms with E-state index in [-0.39, 0.29) is 6.61 Å².